The van der Waals surface area contributed by atoms with Gasteiger partial charge in [0.2, 0.25) is 11.0 Å². The maximum Gasteiger partial charge on any atom is 0.226 e. The Morgan fingerprint density at radius 2 is 1.86 bits per heavy atom. The van der Waals surface area contributed by atoms with Crippen LogP contribution in [0.5, 0.6) is 0 Å². The smallest absolute Gasteiger partial charge is 0.226 e. The van der Waals surface area contributed by atoms with Crippen molar-refractivity contribution >= 4 is 22.4 Å². The summed E-state index contributed by atoms with van der Waals surface area (Å²) in [5.74, 6) is 3.05. The topological polar surface area (TPSA) is 105 Å². The standard InChI is InChI=1S/C28H45N3O4S/c1-16(5-8-23(34)29-26-31-30-24(36-26)15-35-4)19-6-7-20-25-21(10-12-28(19,20)3)27(2)11-9-18(32)13-17(27)14-22(25)33/h16-22,25,32-33H,5-15H2,1-4H3,(H,29,31,34)/t16-,17-,18-,19+,20-,21-,22+,25+,27+,28-/m1/s1. The number of aliphatic hydroxyl groups is 2. The van der Waals surface area contributed by atoms with E-state index in [1.807, 2.05) is 0 Å². The van der Waals surface area contributed by atoms with Crippen LogP contribution in [0.2, 0.25) is 0 Å². The summed E-state index contributed by atoms with van der Waals surface area (Å²) in [6.07, 6.45) is 9.52. The van der Waals surface area contributed by atoms with Gasteiger partial charge in [0.05, 0.1) is 12.2 Å². The quantitative estimate of drug-likeness (QED) is 0.467. The Bertz CT molecular complexity index is 942. The Hall–Kier alpha value is -1.09. The Balaban J connectivity index is 1.21. The van der Waals surface area contributed by atoms with Gasteiger partial charge in [-0.1, -0.05) is 32.1 Å². The molecule has 1 aromatic rings. The van der Waals surface area contributed by atoms with Gasteiger partial charge in [0.1, 0.15) is 11.6 Å². The monoisotopic (exact) mass is 519 g/mol. The van der Waals surface area contributed by atoms with Crippen LogP contribution in [0.4, 0.5) is 5.13 Å². The summed E-state index contributed by atoms with van der Waals surface area (Å²) in [7, 11) is 1.62. The lowest BCUT2D eigenvalue weighted by Crippen LogP contribution is -2.58. The molecule has 5 rings (SSSR count). The molecular weight excluding hydrogens is 474 g/mol. The maximum absolute atomic E-state index is 12.6. The molecule has 1 amide bonds. The zero-order chi connectivity index (χ0) is 25.7. The van der Waals surface area contributed by atoms with Gasteiger partial charge >= 0.3 is 0 Å². The molecule has 4 fully saturated rings. The van der Waals surface area contributed by atoms with Gasteiger partial charge in [-0.25, -0.2) is 0 Å². The molecule has 4 saturated carbocycles. The first kappa shape index (κ1) is 26.5. The first-order valence-electron chi connectivity index (χ1n) is 14.1. The second-order valence-corrected chi connectivity index (χ2v) is 14.0. The first-order valence-corrected chi connectivity index (χ1v) is 14.9. The summed E-state index contributed by atoms with van der Waals surface area (Å²) in [6, 6.07) is 0. The normalized spacial score (nSPS) is 42.8. The summed E-state index contributed by atoms with van der Waals surface area (Å²) in [5, 5.41) is 34.0. The highest BCUT2D eigenvalue weighted by Crippen LogP contribution is 2.68. The molecule has 1 aromatic heterocycles. The van der Waals surface area contributed by atoms with Crippen molar-refractivity contribution < 1.29 is 19.7 Å². The molecule has 0 radical (unpaired) electrons. The van der Waals surface area contributed by atoms with E-state index in [9.17, 15) is 15.0 Å². The second-order valence-electron chi connectivity index (χ2n) is 13.0. The van der Waals surface area contributed by atoms with E-state index in [2.05, 4.69) is 36.3 Å². The van der Waals surface area contributed by atoms with Crippen LogP contribution >= 0.6 is 11.3 Å². The van der Waals surface area contributed by atoms with Crippen LogP contribution in [0.1, 0.15) is 90.0 Å². The number of ether oxygens (including phenoxy) is 1. The second kappa shape index (κ2) is 10.2. The molecule has 202 valence electrons. The molecule has 3 N–H and O–H groups in total. The van der Waals surface area contributed by atoms with E-state index in [0.29, 0.717) is 53.7 Å². The number of anilines is 1. The molecule has 0 saturated heterocycles. The Kier molecular flexibility index (Phi) is 7.54. The molecule has 4 aliphatic carbocycles. The van der Waals surface area contributed by atoms with E-state index in [1.165, 1.54) is 37.0 Å². The lowest BCUT2D eigenvalue weighted by Gasteiger charge is -2.62. The van der Waals surface area contributed by atoms with Gasteiger partial charge in [-0.15, -0.1) is 10.2 Å². The number of hydrogen-bond acceptors (Lipinski definition) is 7. The van der Waals surface area contributed by atoms with Crippen molar-refractivity contribution in [1.82, 2.24) is 10.2 Å². The number of rotatable bonds is 7. The zero-order valence-corrected chi connectivity index (χ0v) is 23.2. The number of nitrogens with zero attached hydrogens (tertiary/aromatic N) is 2. The minimum atomic E-state index is -0.238. The molecule has 4 aliphatic rings. The highest BCUT2D eigenvalue weighted by molar-refractivity contribution is 7.15. The predicted molar refractivity (Wildman–Crippen MR) is 140 cm³/mol. The summed E-state index contributed by atoms with van der Waals surface area (Å²) < 4.78 is 5.08. The molecule has 0 bridgehead atoms. The van der Waals surface area contributed by atoms with Gasteiger partial charge in [0.15, 0.2) is 0 Å². The minimum absolute atomic E-state index is 0.00605. The van der Waals surface area contributed by atoms with Crippen LogP contribution in [0, 0.1) is 46.3 Å². The third kappa shape index (κ3) is 4.65. The van der Waals surface area contributed by atoms with Crippen LogP contribution in [0.15, 0.2) is 0 Å². The van der Waals surface area contributed by atoms with Crippen molar-refractivity contribution in [2.45, 2.75) is 104 Å². The molecule has 0 aromatic carbocycles. The third-order valence-corrected chi connectivity index (χ3v) is 12.0. The Morgan fingerprint density at radius 3 is 2.64 bits per heavy atom. The maximum atomic E-state index is 12.6. The van der Waals surface area contributed by atoms with Gasteiger partial charge in [-0.05, 0) is 104 Å². The van der Waals surface area contributed by atoms with Crippen LogP contribution < -0.4 is 5.32 Å². The number of aromatic nitrogens is 2. The average molecular weight is 520 g/mol. The number of nitrogens with one attached hydrogen (secondary N) is 1. The van der Waals surface area contributed by atoms with Gasteiger partial charge < -0.3 is 20.3 Å². The SMILES string of the molecule is COCc1nnc(NC(=O)CC[C@@H](C)[C@@H]2CC[C@@H]3[C@H]4[C@@H](CC[C@@]32C)[C@@]2(C)CC[C@@H](O)C[C@@H]2C[C@@H]4O)s1. The molecule has 36 heavy (non-hydrogen) atoms. The highest BCUT2D eigenvalue weighted by Gasteiger charge is 2.62. The van der Waals surface area contributed by atoms with Crippen molar-refractivity contribution in [3.63, 3.8) is 0 Å². The van der Waals surface area contributed by atoms with Gasteiger partial charge in [0, 0.05) is 13.5 Å². The molecule has 7 nitrogen and oxygen atoms in total. The highest BCUT2D eigenvalue weighted by atomic mass is 32.1. The van der Waals surface area contributed by atoms with Crippen molar-refractivity contribution in [2.24, 2.45) is 46.3 Å². The number of carbonyl (C=O) groups excluding carboxylic acids is 1. The van der Waals surface area contributed by atoms with E-state index in [0.717, 1.165) is 37.1 Å². The number of carbonyl (C=O) groups is 1. The zero-order valence-electron chi connectivity index (χ0n) is 22.4. The summed E-state index contributed by atoms with van der Waals surface area (Å²) in [6.45, 7) is 7.70. The van der Waals surface area contributed by atoms with E-state index in [-0.39, 0.29) is 28.9 Å². The van der Waals surface area contributed by atoms with E-state index in [4.69, 9.17) is 4.74 Å². The fraction of sp³-hybridized carbons (Fsp3) is 0.893. The van der Waals surface area contributed by atoms with Gasteiger partial charge in [-0.2, -0.15) is 0 Å². The van der Waals surface area contributed by atoms with Crippen molar-refractivity contribution in [1.29, 1.82) is 0 Å². The fourth-order valence-electron chi connectivity index (χ4n) is 9.40. The van der Waals surface area contributed by atoms with Crippen LogP contribution in [0.25, 0.3) is 0 Å². The first-order chi connectivity index (χ1) is 17.2. The fourth-order valence-corrected chi connectivity index (χ4v) is 10.1. The van der Waals surface area contributed by atoms with Crippen LogP contribution in [-0.4, -0.2) is 45.6 Å². The summed E-state index contributed by atoms with van der Waals surface area (Å²) in [4.78, 5) is 12.6. The predicted octanol–water partition coefficient (Wildman–Crippen LogP) is 5.03. The van der Waals surface area contributed by atoms with Crippen molar-refractivity contribution in [2.75, 3.05) is 12.4 Å². The number of methoxy groups -OCH3 is 1. The third-order valence-electron chi connectivity index (χ3n) is 11.2. The van der Waals surface area contributed by atoms with Crippen molar-refractivity contribution in [3.8, 4) is 0 Å². The van der Waals surface area contributed by atoms with E-state index in [1.54, 1.807) is 7.11 Å². The summed E-state index contributed by atoms with van der Waals surface area (Å²) >= 11 is 1.36. The Morgan fingerprint density at radius 1 is 1.11 bits per heavy atom. The number of amides is 1. The van der Waals surface area contributed by atoms with Crippen molar-refractivity contribution in [3.05, 3.63) is 5.01 Å². The van der Waals surface area contributed by atoms with Crippen LogP contribution in [-0.2, 0) is 16.1 Å². The van der Waals surface area contributed by atoms with Crippen LogP contribution in [0.3, 0.4) is 0 Å². The number of hydrogen-bond donors (Lipinski definition) is 3. The molecule has 0 spiro atoms. The molecular formula is C28H45N3O4S. The largest absolute Gasteiger partial charge is 0.393 e. The lowest BCUT2D eigenvalue weighted by atomic mass is 9.43. The Labute approximate surface area is 219 Å². The average Bonchev–Trinajstić information content (AvgIpc) is 3.42. The minimum Gasteiger partial charge on any atom is -0.393 e. The number of fused-ring (bicyclic) bond motifs is 5. The molecule has 1 heterocycles. The molecule has 8 heteroatoms. The number of aliphatic hydroxyl groups excluding tert-OH is 2. The molecule has 0 unspecified atom stereocenters. The molecule has 10 atom stereocenters. The van der Waals surface area contributed by atoms with E-state index >= 15 is 0 Å². The summed E-state index contributed by atoms with van der Waals surface area (Å²) in [5.41, 5.74) is 0.504. The lowest BCUT2D eigenvalue weighted by molar-refractivity contribution is -0.174. The van der Waals surface area contributed by atoms with Gasteiger partial charge in [-0.3, -0.25) is 4.79 Å². The van der Waals surface area contributed by atoms with E-state index < -0.39 is 0 Å². The van der Waals surface area contributed by atoms with Gasteiger partial charge in [0.25, 0.3) is 0 Å². The molecule has 0 aliphatic heterocycles.